The number of rotatable bonds is 6. The predicted molar refractivity (Wildman–Crippen MR) is 82.1 cm³/mol. The van der Waals surface area contributed by atoms with E-state index in [-0.39, 0.29) is 0 Å². The van der Waals surface area contributed by atoms with E-state index in [2.05, 4.69) is 37.9 Å². The summed E-state index contributed by atoms with van der Waals surface area (Å²) in [5.41, 5.74) is 0. The summed E-state index contributed by atoms with van der Waals surface area (Å²) in [4.78, 5) is 2.58. The van der Waals surface area contributed by atoms with E-state index < -0.39 is 0 Å². The minimum atomic E-state index is 0.359. The van der Waals surface area contributed by atoms with Gasteiger partial charge in [0.2, 0.25) is 0 Å². The normalized spacial score (nSPS) is 35.9. The van der Waals surface area contributed by atoms with Crippen LogP contribution in [-0.2, 0) is 9.47 Å². The number of morpholine rings is 1. The first-order valence-electron chi connectivity index (χ1n) is 8.33. The number of ether oxygens (including phenoxy) is 2. The molecule has 0 aromatic rings. The van der Waals surface area contributed by atoms with Crippen LogP contribution in [0.25, 0.3) is 0 Å². The predicted octanol–water partition coefficient (Wildman–Crippen LogP) is 2.03. The van der Waals surface area contributed by atoms with Crippen LogP contribution in [0.4, 0.5) is 0 Å². The van der Waals surface area contributed by atoms with Crippen molar-refractivity contribution in [3.63, 3.8) is 0 Å². The van der Waals surface area contributed by atoms with Crippen LogP contribution >= 0.6 is 0 Å². The largest absolute Gasteiger partial charge is 0.376 e. The Hall–Kier alpha value is -0.160. The van der Waals surface area contributed by atoms with Gasteiger partial charge in [0.25, 0.3) is 0 Å². The summed E-state index contributed by atoms with van der Waals surface area (Å²) >= 11 is 0. The van der Waals surface area contributed by atoms with Crippen molar-refractivity contribution in [2.75, 3.05) is 26.2 Å². The molecule has 2 heterocycles. The van der Waals surface area contributed by atoms with E-state index in [0.29, 0.717) is 30.4 Å². The number of hydrogen-bond donors (Lipinski definition) is 1. The Kier molecular flexibility index (Phi) is 6.27. The van der Waals surface area contributed by atoms with Crippen molar-refractivity contribution in [2.24, 2.45) is 0 Å². The first kappa shape index (κ1) is 16.2. The van der Waals surface area contributed by atoms with Crippen LogP contribution in [0.1, 0.15) is 47.0 Å². The molecule has 0 saturated carbocycles. The molecule has 0 aromatic carbocycles. The highest BCUT2D eigenvalue weighted by Gasteiger charge is 2.31. The van der Waals surface area contributed by atoms with Crippen LogP contribution in [0.5, 0.6) is 0 Å². The molecule has 118 valence electrons. The zero-order valence-electron chi connectivity index (χ0n) is 13.6. The number of nitrogens with one attached hydrogen (secondary N) is 1. The van der Waals surface area contributed by atoms with Crippen molar-refractivity contribution in [1.82, 2.24) is 10.2 Å². The minimum Gasteiger partial charge on any atom is -0.376 e. The van der Waals surface area contributed by atoms with Gasteiger partial charge in [-0.3, -0.25) is 4.90 Å². The van der Waals surface area contributed by atoms with E-state index in [9.17, 15) is 0 Å². The Bertz CT molecular complexity index is 286. The van der Waals surface area contributed by atoms with E-state index in [1.54, 1.807) is 0 Å². The summed E-state index contributed by atoms with van der Waals surface area (Å²) in [5, 5.41) is 3.48. The van der Waals surface area contributed by atoms with Gasteiger partial charge in [0, 0.05) is 31.7 Å². The Balaban J connectivity index is 1.75. The molecule has 20 heavy (non-hydrogen) atoms. The SMILES string of the molecule is CCC1COC(C)CN1CC1CCC(CNC(C)C)O1. The summed E-state index contributed by atoms with van der Waals surface area (Å²) in [6.45, 7) is 12.8. The van der Waals surface area contributed by atoms with Gasteiger partial charge in [-0.25, -0.2) is 0 Å². The Morgan fingerprint density at radius 1 is 1.25 bits per heavy atom. The lowest BCUT2D eigenvalue weighted by Crippen LogP contribution is -2.51. The van der Waals surface area contributed by atoms with E-state index in [1.807, 2.05) is 0 Å². The molecule has 0 aliphatic carbocycles. The molecule has 0 amide bonds. The fourth-order valence-electron chi connectivity index (χ4n) is 3.21. The molecular weight excluding hydrogens is 252 g/mol. The van der Waals surface area contributed by atoms with E-state index in [1.165, 1.54) is 12.8 Å². The van der Waals surface area contributed by atoms with Crippen LogP contribution < -0.4 is 5.32 Å². The summed E-state index contributed by atoms with van der Waals surface area (Å²) in [5.74, 6) is 0. The fourth-order valence-corrected chi connectivity index (χ4v) is 3.21. The lowest BCUT2D eigenvalue weighted by molar-refractivity contribution is -0.0746. The van der Waals surface area contributed by atoms with Crippen molar-refractivity contribution in [3.05, 3.63) is 0 Å². The molecule has 2 rings (SSSR count). The fraction of sp³-hybridized carbons (Fsp3) is 1.00. The topological polar surface area (TPSA) is 33.7 Å². The van der Waals surface area contributed by atoms with Gasteiger partial charge in [-0.1, -0.05) is 20.8 Å². The van der Waals surface area contributed by atoms with Crippen LogP contribution in [0.15, 0.2) is 0 Å². The van der Waals surface area contributed by atoms with Gasteiger partial charge in [0.15, 0.2) is 0 Å². The maximum absolute atomic E-state index is 6.20. The molecule has 0 spiro atoms. The highest BCUT2D eigenvalue weighted by atomic mass is 16.5. The minimum absolute atomic E-state index is 0.359. The van der Waals surface area contributed by atoms with Crippen LogP contribution in [0.3, 0.4) is 0 Å². The van der Waals surface area contributed by atoms with Gasteiger partial charge in [0.05, 0.1) is 24.9 Å². The second-order valence-electron chi connectivity index (χ2n) is 6.68. The van der Waals surface area contributed by atoms with Gasteiger partial charge < -0.3 is 14.8 Å². The molecule has 2 aliphatic heterocycles. The third kappa shape index (κ3) is 4.69. The first-order valence-corrected chi connectivity index (χ1v) is 8.33. The average molecular weight is 284 g/mol. The third-order valence-electron chi connectivity index (χ3n) is 4.44. The maximum atomic E-state index is 6.20. The summed E-state index contributed by atoms with van der Waals surface area (Å²) < 4.78 is 12.0. The molecule has 2 aliphatic rings. The van der Waals surface area contributed by atoms with Crippen molar-refractivity contribution in [2.45, 2.75) is 77.4 Å². The molecule has 2 fully saturated rings. The van der Waals surface area contributed by atoms with Gasteiger partial charge in [0.1, 0.15) is 0 Å². The van der Waals surface area contributed by atoms with E-state index >= 15 is 0 Å². The first-order chi connectivity index (χ1) is 9.58. The number of hydrogen-bond acceptors (Lipinski definition) is 4. The van der Waals surface area contributed by atoms with Crippen molar-refractivity contribution < 1.29 is 9.47 Å². The molecule has 4 heteroatoms. The molecule has 0 aromatic heterocycles. The molecule has 0 radical (unpaired) electrons. The van der Waals surface area contributed by atoms with E-state index in [0.717, 1.165) is 32.7 Å². The standard InChI is InChI=1S/C16H32N2O2/c1-5-14-11-19-13(4)9-18(14)10-16-7-6-15(20-16)8-17-12(2)3/h12-17H,5-11H2,1-4H3. The van der Waals surface area contributed by atoms with Gasteiger partial charge in [-0.15, -0.1) is 0 Å². The van der Waals surface area contributed by atoms with Crippen molar-refractivity contribution in [3.8, 4) is 0 Å². The molecule has 4 nitrogen and oxygen atoms in total. The highest BCUT2D eigenvalue weighted by molar-refractivity contribution is 4.83. The summed E-state index contributed by atoms with van der Waals surface area (Å²) in [6, 6.07) is 1.12. The molecule has 4 unspecified atom stereocenters. The maximum Gasteiger partial charge on any atom is 0.0707 e. The zero-order chi connectivity index (χ0) is 14.5. The summed E-state index contributed by atoms with van der Waals surface area (Å²) in [6.07, 6.45) is 4.73. The lowest BCUT2D eigenvalue weighted by Gasteiger charge is -2.39. The molecule has 2 saturated heterocycles. The van der Waals surface area contributed by atoms with Crippen LogP contribution in [0.2, 0.25) is 0 Å². The smallest absolute Gasteiger partial charge is 0.0707 e. The van der Waals surface area contributed by atoms with Gasteiger partial charge in [-0.05, 0) is 26.2 Å². The second-order valence-corrected chi connectivity index (χ2v) is 6.68. The Labute approximate surface area is 124 Å². The number of nitrogens with zero attached hydrogens (tertiary/aromatic N) is 1. The average Bonchev–Trinajstić information content (AvgIpc) is 2.84. The summed E-state index contributed by atoms with van der Waals surface area (Å²) in [7, 11) is 0. The molecule has 4 atom stereocenters. The second kappa shape index (κ2) is 7.74. The zero-order valence-corrected chi connectivity index (χ0v) is 13.6. The third-order valence-corrected chi connectivity index (χ3v) is 4.44. The Morgan fingerprint density at radius 3 is 2.70 bits per heavy atom. The monoisotopic (exact) mass is 284 g/mol. The quantitative estimate of drug-likeness (QED) is 0.809. The molecule has 0 bridgehead atoms. The highest BCUT2D eigenvalue weighted by Crippen LogP contribution is 2.23. The van der Waals surface area contributed by atoms with Crippen molar-refractivity contribution >= 4 is 0 Å². The van der Waals surface area contributed by atoms with Crippen LogP contribution in [-0.4, -0.2) is 61.5 Å². The van der Waals surface area contributed by atoms with E-state index in [4.69, 9.17) is 9.47 Å². The van der Waals surface area contributed by atoms with Crippen molar-refractivity contribution in [1.29, 1.82) is 0 Å². The molecular formula is C16H32N2O2. The van der Waals surface area contributed by atoms with Gasteiger partial charge in [-0.2, -0.15) is 0 Å². The Morgan fingerprint density at radius 2 is 2.00 bits per heavy atom. The molecule has 1 N–H and O–H groups in total. The lowest BCUT2D eigenvalue weighted by atomic mass is 10.1. The van der Waals surface area contributed by atoms with Crippen LogP contribution in [0, 0.1) is 0 Å². The van der Waals surface area contributed by atoms with Gasteiger partial charge >= 0.3 is 0 Å².